The second kappa shape index (κ2) is 6.36. The largest absolute Gasteiger partial charge is 0.377 e. The molecular formula is C19H26FN3O. The summed E-state index contributed by atoms with van der Waals surface area (Å²) in [5.41, 5.74) is 1.08. The molecule has 3 unspecified atom stereocenters. The molecule has 130 valence electrons. The third kappa shape index (κ3) is 2.50. The van der Waals surface area contributed by atoms with Crippen LogP contribution < -0.4 is 10.6 Å². The lowest BCUT2D eigenvalue weighted by molar-refractivity contribution is -0.171. The van der Waals surface area contributed by atoms with Gasteiger partial charge in [-0.3, -0.25) is 4.99 Å². The summed E-state index contributed by atoms with van der Waals surface area (Å²) < 4.78 is 19.6. The highest BCUT2D eigenvalue weighted by Crippen LogP contribution is 2.62. The molecule has 3 atom stereocenters. The van der Waals surface area contributed by atoms with E-state index in [-0.39, 0.29) is 5.82 Å². The number of rotatable bonds is 4. The molecule has 0 amide bonds. The number of fused-ring (bicyclic) bond motifs is 2. The summed E-state index contributed by atoms with van der Waals surface area (Å²) in [6.07, 6.45) is 6.09. The number of hydrogen-bond donors (Lipinski definition) is 2. The minimum atomic E-state index is -0.138. The summed E-state index contributed by atoms with van der Waals surface area (Å²) in [5, 5.41) is 6.97. The molecule has 3 fully saturated rings. The summed E-state index contributed by atoms with van der Waals surface area (Å²) in [6.45, 7) is 1.57. The molecular weight excluding hydrogens is 305 g/mol. The van der Waals surface area contributed by atoms with Crippen molar-refractivity contribution in [3.63, 3.8) is 0 Å². The van der Waals surface area contributed by atoms with E-state index in [1.165, 1.54) is 25.3 Å². The first-order chi connectivity index (χ1) is 11.7. The average molecular weight is 331 g/mol. The van der Waals surface area contributed by atoms with Crippen LogP contribution in [0.3, 0.4) is 0 Å². The fourth-order valence-electron chi connectivity index (χ4n) is 4.81. The van der Waals surface area contributed by atoms with E-state index in [0.29, 0.717) is 36.4 Å². The maximum Gasteiger partial charge on any atom is 0.191 e. The lowest BCUT2D eigenvalue weighted by Crippen LogP contribution is -2.72. The van der Waals surface area contributed by atoms with Crippen LogP contribution in [-0.4, -0.2) is 38.3 Å². The predicted octanol–water partition coefficient (Wildman–Crippen LogP) is 2.49. The van der Waals surface area contributed by atoms with E-state index in [1.54, 1.807) is 13.1 Å². The van der Waals surface area contributed by atoms with Crippen LogP contribution >= 0.6 is 0 Å². The van der Waals surface area contributed by atoms with Gasteiger partial charge in [-0.2, -0.15) is 0 Å². The second-order valence-corrected chi connectivity index (χ2v) is 7.29. The normalized spacial score (nSPS) is 30.4. The van der Waals surface area contributed by atoms with Gasteiger partial charge in [0.05, 0.1) is 6.10 Å². The molecule has 5 heteroatoms. The first kappa shape index (κ1) is 15.9. The number of aliphatic imine (C=N–C) groups is 1. The highest BCUT2D eigenvalue weighted by molar-refractivity contribution is 5.80. The van der Waals surface area contributed by atoms with Gasteiger partial charge in [0.25, 0.3) is 0 Å². The van der Waals surface area contributed by atoms with E-state index in [9.17, 15) is 4.39 Å². The van der Waals surface area contributed by atoms with Gasteiger partial charge in [0.2, 0.25) is 0 Å². The topological polar surface area (TPSA) is 45.7 Å². The minimum Gasteiger partial charge on any atom is -0.377 e. The molecule has 2 aliphatic carbocycles. The molecule has 1 aromatic carbocycles. The van der Waals surface area contributed by atoms with E-state index in [1.807, 2.05) is 12.1 Å². The Hall–Kier alpha value is -1.62. The minimum absolute atomic E-state index is 0.138. The van der Waals surface area contributed by atoms with E-state index in [2.05, 4.69) is 15.6 Å². The van der Waals surface area contributed by atoms with Crippen LogP contribution in [-0.2, 0) is 11.2 Å². The van der Waals surface area contributed by atoms with Crippen molar-refractivity contribution < 1.29 is 9.13 Å². The van der Waals surface area contributed by atoms with E-state index in [0.717, 1.165) is 24.6 Å². The van der Waals surface area contributed by atoms with Crippen molar-refractivity contribution in [2.24, 2.45) is 16.3 Å². The van der Waals surface area contributed by atoms with E-state index < -0.39 is 0 Å². The molecule has 1 aromatic rings. The molecule has 4 rings (SSSR count). The van der Waals surface area contributed by atoms with Crippen molar-refractivity contribution >= 4 is 5.96 Å². The molecule has 0 bridgehead atoms. The van der Waals surface area contributed by atoms with Crippen molar-refractivity contribution in [1.82, 2.24) is 10.6 Å². The standard InChI is InChI=1S/C19H26FN3O/c1-21-18(22-11-7-13-5-2-3-6-15(13)20)23-16-14-8-12-24-17(14)19(16)9-4-10-19/h2-3,5-6,14,16-17H,4,7-12H2,1H3,(H2,21,22,23). The Kier molecular flexibility index (Phi) is 4.21. The van der Waals surface area contributed by atoms with Crippen LogP contribution in [0.1, 0.15) is 31.2 Å². The zero-order valence-corrected chi connectivity index (χ0v) is 14.2. The van der Waals surface area contributed by atoms with Crippen LogP contribution in [0.4, 0.5) is 4.39 Å². The molecule has 0 aromatic heterocycles. The van der Waals surface area contributed by atoms with Gasteiger partial charge in [0.1, 0.15) is 5.82 Å². The number of hydrogen-bond acceptors (Lipinski definition) is 2. The lowest BCUT2D eigenvalue weighted by Gasteiger charge is -2.63. The first-order valence-corrected chi connectivity index (χ1v) is 9.07. The highest BCUT2D eigenvalue weighted by Gasteiger charge is 2.66. The number of nitrogens with zero attached hydrogens (tertiary/aromatic N) is 1. The zero-order chi connectivity index (χ0) is 16.6. The Morgan fingerprint density at radius 2 is 2.21 bits per heavy atom. The molecule has 1 heterocycles. The lowest BCUT2D eigenvalue weighted by atomic mass is 9.46. The average Bonchev–Trinajstić information content (AvgIpc) is 2.96. The smallest absolute Gasteiger partial charge is 0.191 e. The van der Waals surface area contributed by atoms with Crippen molar-refractivity contribution in [1.29, 1.82) is 0 Å². The number of benzene rings is 1. The third-order valence-corrected chi connectivity index (χ3v) is 6.20. The Bertz CT molecular complexity index is 629. The summed E-state index contributed by atoms with van der Waals surface area (Å²) in [5.74, 6) is 1.31. The second-order valence-electron chi connectivity index (χ2n) is 7.29. The number of halogens is 1. The van der Waals surface area contributed by atoms with Gasteiger partial charge >= 0.3 is 0 Å². The van der Waals surface area contributed by atoms with Crippen LogP contribution in [0.5, 0.6) is 0 Å². The van der Waals surface area contributed by atoms with Crippen LogP contribution in [0.2, 0.25) is 0 Å². The maximum absolute atomic E-state index is 13.7. The molecule has 4 nitrogen and oxygen atoms in total. The summed E-state index contributed by atoms with van der Waals surface area (Å²) in [6, 6.07) is 7.42. The van der Waals surface area contributed by atoms with Crippen LogP contribution in [0, 0.1) is 17.2 Å². The highest BCUT2D eigenvalue weighted by atomic mass is 19.1. The first-order valence-electron chi connectivity index (χ1n) is 9.07. The van der Waals surface area contributed by atoms with Gasteiger partial charge in [-0.1, -0.05) is 24.6 Å². The Morgan fingerprint density at radius 3 is 2.92 bits per heavy atom. The molecule has 1 spiro atoms. The van der Waals surface area contributed by atoms with Crippen molar-refractivity contribution in [2.75, 3.05) is 20.2 Å². The molecule has 2 N–H and O–H groups in total. The molecule has 1 saturated heterocycles. The molecule has 3 aliphatic rings. The monoisotopic (exact) mass is 331 g/mol. The quantitative estimate of drug-likeness (QED) is 0.658. The zero-order valence-electron chi connectivity index (χ0n) is 14.2. The Labute approximate surface area is 142 Å². The van der Waals surface area contributed by atoms with Gasteiger partial charge in [-0.25, -0.2) is 4.39 Å². The number of ether oxygens (including phenoxy) is 1. The van der Waals surface area contributed by atoms with E-state index in [4.69, 9.17) is 4.74 Å². The molecule has 24 heavy (non-hydrogen) atoms. The fraction of sp³-hybridized carbons (Fsp3) is 0.632. The van der Waals surface area contributed by atoms with Gasteiger partial charge in [0.15, 0.2) is 5.96 Å². The van der Waals surface area contributed by atoms with Crippen LogP contribution in [0.15, 0.2) is 29.3 Å². The molecule has 0 radical (unpaired) electrons. The summed E-state index contributed by atoms with van der Waals surface area (Å²) in [4.78, 5) is 4.36. The van der Waals surface area contributed by atoms with Gasteiger partial charge in [-0.05, 0) is 37.3 Å². The molecule has 1 aliphatic heterocycles. The van der Waals surface area contributed by atoms with Crippen molar-refractivity contribution in [2.45, 2.75) is 44.2 Å². The van der Waals surface area contributed by atoms with Gasteiger partial charge in [-0.15, -0.1) is 0 Å². The van der Waals surface area contributed by atoms with Crippen LogP contribution in [0.25, 0.3) is 0 Å². The van der Waals surface area contributed by atoms with E-state index >= 15 is 0 Å². The number of guanidine groups is 1. The van der Waals surface area contributed by atoms with Gasteiger partial charge in [0, 0.05) is 37.6 Å². The maximum atomic E-state index is 13.7. The Balaban J connectivity index is 1.33. The molecule has 2 saturated carbocycles. The van der Waals surface area contributed by atoms with Crippen molar-refractivity contribution in [3.05, 3.63) is 35.6 Å². The fourth-order valence-corrected chi connectivity index (χ4v) is 4.81. The van der Waals surface area contributed by atoms with Gasteiger partial charge < -0.3 is 15.4 Å². The van der Waals surface area contributed by atoms with Crippen molar-refractivity contribution in [3.8, 4) is 0 Å². The predicted molar refractivity (Wildman–Crippen MR) is 92.5 cm³/mol. The summed E-state index contributed by atoms with van der Waals surface area (Å²) in [7, 11) is 1.80. The third-order valence-electron chi connectivity index (χ3n) is 6.20. The summed E-state index contributed by atoms with van der Waals surface area (Å²) >= 11 is 0. The SMILES string of the molecule is CN=C(NCCc1ccccc1F)NC1C2CCOC2C12CCC2. The Morgan fingerprint density at radius 1 is 1.38 bits per heavy atom. The number of nitrogens with one attached hydrogen (secondary N) is 2.